The van der Waals surface area contributed by atoms with Gasteiger partial charge in [0.1, 0.15) is 6.61 Å². The van der Waals surface area contributed by atoms with Gasteiger partial charge in [-0.05, 0) is 72.0 Å². The van der Waals surface area contributed by atoms with Crippen LogP contribution >= 0.6 is 46.6 Å². The van der Waals surface area contributed by atoms with Gasteiger partial charge in [-0.3, -0.25) is 14.5 Å². The van der Waals surface area contributed by atoms with E-state index in [1.165, 1.54) is 24.2 Å². The van der Waals surface area contributed by atoms with Gasteiger partial charge in [0.05, 0.1) is 15.0 Å². The highest BCUT2D eigenvalue weighted by Gasteiger charge is 2.36. The standard InChI is InChI=1S/C24H22Cl3NO3S/c25-18-8-6-16(7-9-18)14-31-22-19(26)10-17(11-20(22)27)12-21-23(29)28(24(30)32-21)13-15-4-2-1-3-5-15/h6-12,15H,1-5,13-14H2/b21-12+. The number of nitrogens with zero attached hydrogens (tertiary/aromatic N) is 1. The molecule has 168 valence electrons. The van der Waals surface area contributed by atoms with Gasteiger partial charge in [0.25, 0.3) is 11.1 Å². The predicted octanol–water partition coefficient (Wildman–Crippen LogP) is 7.84. The zero-order chi connectivity index (χ0) is 22.7. The Morgan fingerprint density at radius 3 is 2.31 bits per heavy atom. The van der Waals surface area contributed by atoms with Crippen molar-refractivity contribution in [1.82, 2.24) is 4.90 Å². The molecule has 1 aliphatic carbocycles. The lowest BCUT2D eigenvalue weighted by Crippen LogP contribution is -2.34. The van der Waals surface area contributed by atoms with Gasteiger partial charge in [-0.1, -0.05) is 66.2 Å². The van der Waals surface area contributed by atoms with E-state index >= 15 is 0 Å². The molecule has 8 heteroatoms. The van der Waals surface area contributed by atoms with E-state index in [1.54, 1.807) is 30.3 Å². The number of imide groups is 1. The van der Waals surface area contributed by atoms with Crippen LogP contribution in [0.2, 0.25) is 15.1 Å². The smallest absolute Gasteiger partial charge is 0.293 e. The Kier molecular flexibility index (Phi) is 7.72. The normalized spacial score (nSPS) is 18.6. The second-order valence-corrected chi connectivity index (χ2v) is 10.3. The lowest BCUT2D eigenvalue weighted by atomic mass is 9.89. The molecular weight excluding hydrogens is 489 g/mol. The molecule has 1 aliphatic heterocycles. The average Bonchev–Trinajstić information content (AvgIpc) is 3.02. The molecule has 0 spiro atoms. The molecule has 2 aromatic carbocycles. The third-order valence-corrected chi connectivity index (χ3v) is 7.37. The summed E-state index contributed by atoms with van der Waals surface area (Å²) in [6.07, 6.45) is 7.37. The number of halogens is 3. The molecule has 2 fully saturated rings. The molecule has 0 aromatic heterocycles. The summed E-state index contributed by atoms with van der Waals surface area (Å²) in [5.41, 5.74) is 1.57. The van der Waals surface area contributed by atoms with E-state index in [0.717, 1.165) is 30.2 Å². The van der Waals surface area contributed by atoms with Crippen LogP contribution in [0.5, 0.6) is 5.75 Å². The molecule has 1 saturated heterocycles. The number of thioether (sulfide) groups is 1. The summed E-state index contributed by atoms with van der Waals surface area (Å²) in [6.45, 7) is 0.789. The van der Waals surface area contributed by atoms with Crippen molar-refractivity contribution in [3.05, 3.63) is 67.5 Å². The van der Waals surface area contributed by atoms with Crippen molar-refractivity contribution in [1.29, 1.82) is 0 Å². The third-order valence-electron chi connectivity index (χ3n) is 5.65. The van der Waals surface area contributed by atoms with Crippen molar-refractivity contribution >= 4 is 63.8 Å². The SMILES string of the molecule is O=C1S/C(=C/c2cc(Cl)c(OCc3ccc(Cl)cc3)c(Cl)c2)C(=O)N1CC1CCCCC1. The van der Waals surface area contributed by atoms with E-state index in [1.807, 2.05) is 12.1 Å². The van der Waals surface area contributed by atoms with E-state index in [9.17, 15) is 9.59 Å². The minimum Gasteiger partial charge on any atom is -0.486 e. The van der Waals surface area contributed by atoms with Gasteiger partial charge in [-0.15, -0.1) is 0 Å². The van der Waals surface area contributed by atoms with Gasteiger partial charge in [-0.25, -0.2) is 0 Å². The van der Waals surface area contributed by atoms with E-state index in [-0.39, 0.29) is 17.8 Å². The highest BCUT2D eigenvalue weighted by molar-refractivity contribution is 8.18. The highest BCUT2D eigenvalue weighted by Crippen LogP contribution is 2.38. The first kappa shape index (κ1) is 23.5. The Labute approximate surface area is 206 Å². The van der Waals surface area contributed by atoms with Gasteiger partial charge in [0.15, 0.2) is 5.75 Å². The summed E-state index contributed by atoms with van der Waals surface area (Å²) in [4.78, 5) is 27.0. The van der Waals surface area contributed by atoms with Crippen molar-refractivity contribution in [3.8, 4) is 5.75 Å². The Morgan fingerprint density at radius 2 is 1.66 bits per heavy atom. The van der Waals surface area contributed by atoms with Crippen LogP contribution in [0.1, 0.15) is 43.2 Å². The molecule has 32 heavy (non-hydrogen) atoms. The van der Waals surface area contributed by atoms with Crippen LogP contribution in [0.15, 0.2) is 41.3 Å². The van der Waals surface area contributed by atoms with Crippen LogP contribution in [-0.2, 0) is 11.4 Å². The molecule has 4 rings (SSSR count). The van der Waals surface area contributed by atoms with Gasteiger partial charge in [0.2, 0.25) is 0 Å². The molecule has 2 amide bonds. The molecule has 2 aliphatic rings. The number of amides is 2. The molecular formula is C24H22Cl3NO3S. The number of carbonyl (C=O) groups is 2. The first-order chi connectivity index (χ1) is 15.4. The fourth-order valence-electron chi connectivity index (χ4n) is 3.97. The molecule has 1 heterocycles. The van der Waals surface area contributed by atoms with Crippen molar-refractivity contribution in [2.45, 2.75) is 38.7 Å². The lowest BCUT2D eigenvalue weighted by Gasteiger charge is -2.25. The van der Waals surface area contributed by atoms with E-state index in [4.69, 9.17) is 39.5 Å². The summed E-state index contributed by atoms with van der Waals surface area (Å²) >= 11 is 19.7. The number of ether oxygens (including phenoxy) is 1. The van der Waals surface area contributed by atoms with E-state index in [0.29, 0.717) is 43.7 Å². The summed E-state index contributed by atoms with van der Waals surface area (Å²) in [6, 6.07) is 10.7. The van der Waals surface area contributed by atoms with Crippen LogP contribution in [-0.4, -0.2) is 22.6 Å². The monoisotopic (exact) mass is 509 g/mol. The third kappa shape index (κ3) is 5.63. The molecule has 0 N–H and O–H groups in total. The fraction of sp³-hybridized carbons (Fsp3) is 0.333. The highest BCUT2D eigenvalue weighted by atomic mass is 35.5. The van der Waals surface area contributed by atoms with Gasteiger partial charge in [-0.2, -0.15) is 0 Å². The quantitative estimate of drug-likeness (QED) is 0.371. The van der Waals surface area contributed by atoms with E-state index < -0.39 is 0 Å². The maximum absolute atomic E-state index is 12.8. The molecule has 0 unspecified atom stereocenters. The number of hydrogen-bond acceptors (Lipinski definition) is 4. The molecule has 1 saturated carbocycles. The van der Waals surface area contributed by atoms with Crippen molar-refractivity contribution in [2.75, 3.05) is 6.54 Å². The number of benzene rings is 2. The predicted molar refractivity (Wildman–Crippen MR) is 131 cm³/mol. The topological polar surface area (TPSA) is 46.6 Å². The van der Waals surface area contributed by atoms with Gasteiger partial charge < -0.3 is 4.74 Å². The molecule has 0 bridgehead atoms. The first-order valence-corrected chi connectivity index (χ1v) is 12.5. The molecule has 0 atom stereocenters. The second-order valence-electron chi connectivity index (χ2n) is 8.03. The Balaban J connectivity index is 1.45. The zero-order valence-corrected chi connectivity index (χ0v) is 20.4. The minimum absolute atomic E-state index is 0.216. The van der Waals surface area contributed by atoms with Crippen LogP contribution in [0.4, 0.5) is 4.79 Å². The summed E-state index contributed by atoms with van der Waals surface area (Å²) in [5.74, 6) is 0.518. The van der Waals surface area contributed by atoms with Crippen LogP contribution in [0.3, 0.4) is 0 Å². The summed E-state index contributed by atoms with van der Waals surface area (Å²) < 4.78 is 5.80. The van der Waals surface area contributed by atoms with Gasteiger partial charge in [0, 0.05) is 11.6 Å². The minimum atomic E-state index is -0.249. The maximum atomic E-state index is 12.8. The largest absolute Gasteiger partial charge is 0.486 e. The summed E-state index contributed by atoms with van der Waals surface area (Å²) in [7, 11) is 0. The average molecular weight is 511 g/mol. The molecule has 2 aromatic rings. The second kappa shape index (κ2) is 10.5. The van der Waals surface area contributed by atoms with Crippen LogP contribution in [0.25, 0.3) is 6.08 Å². The molecule has 4 nitrogen and oxygen atoms in total. The first-order valence-electron chi connectivity index (χ1n) is 10.5. The lowest BCUT2D eigenvalue weighted by molar-refractivity contribution is -0.123. The Bertz CT molecular complexity index is 1030. The Morgan fingerprint density at radius 1 is 1.00 bits per heavy atom. The van der Waals surface area contributed by atoms with E-state index in [2.05, 4.69) is 0 Å². The van der Waals surface area contributed by atoms with Crippen LogP contribution < -0.4 is 4.74 Å². The van der Waals surface area contributed by atoms with Crippen molar-refractivity contribution < 1.29 is 14.3 Å². The van der Waals surface area contributed by atoms with Gasteiger partial charge >= 0.3 is 0 Å². The maximum Gasteiger partial charge on any atom is 0.293 e. The number of rotatable bonds is 6. The van der Waals surface area contributed by atoms with Crippen molar-refractivity contribution in [3.63, 3.8) is 0 Å². The fourth-order valence-corrected chi connectivity index (χ4v) is 5.56. The van der Waals surface area contributed by atoms with Crippen LogP contribution in [0, 0.1) is 5.92 Å². The Hall–Kier alpha value is -1.66. The summed E-state index contributed by atoms with van der Waals surface area (Å²) in [5, 5.41) is 1.10. The number of hydrogen-bond donors (Lipinski definition) is 0. The number of carbonyl (C=O) groups excluding carboxylic acids is 2. The zero-order valence-electron chi connectivity index (χ0n) is 17.3. The molecule has 0 radical (unpaired) electrons. The van der Waals surface area contributed by atoms with Crippen molar-refractivity contribution in [2.24, 2.45) is 5.92 Å².